The smallest absolute Gasteiger partial charge is 0.317 e. The monoisotopic (exact) mass is 269 g/mol. The molecule has 1 fully saturated rings. The first-order valence-electron chi connectivity index (χ1n) is 7.06. The van der Waals surface area contributed by atoms with Gasteiger partial charge in [-0.25, -0.2) is 4.79 Å². The lowest BCUT2D eigenvalue weighted by atomic mass is 10.0. The average molecular weight is 269 g/mol. The van der Waals surface area contributed by atoms with Crippen LogP contribution in [-0.4, -0.2) is 41.5 Å². The molecule has 0 spiro atoms. The molecule has 0 saturated carbocycles. The second-order valence-electron chi connectivity index (χ2n) is 6.60. The van der Waals surface area contributed by atoms with E-state index in [2.05, 4.69) is 10.6 Å². The Morgan fingerprint density at radius 3 is 2.11 bits per heavy atom. The van der Waals surface area contributed by atoms with Crippen LogP contribution in [0.4, 0.5) is 4.79 Å². The molecule has 0 unspecified atom stereocenters. The quantitative estimate of drug-likeness (QED) is 0.802. The fourth-order valence-electron chi connectivity index (χ4n) is 1.99. The number of likely N-dealkylation sites (tertiary alicyclic amines) is 1. The van der Waals surface area contributed by atoms with Crippen LogP contribution >= 0.6 is 0 Å². The highest BCUT2D eigenvalue weighted by Gasteiger charge is 2.26. The fourth-order valence-corrected chi connectivity index (χ4v) is 1.99. The lowest BCUT2D eigenvalue weighted by Gasteiger charge is -2.34. The molecule has 2 N–H and O–H groups in total. The third-order valence-electron chi connectivity index (χ3n) is 3.13. The van der Waals surface area contributed by atoms with E-state index in [-0.39, 0.29) is 29.4 Å². The van der Waals surface area contributed by atoms with E-state index >= 15 is 0 Å². The third kappa shape index (κ3) is 5.49. The molecule has 0 aromatic heterocycles. The van der Waals surface area contributed by atoms with Crippen LogP contribution in [0.5, 0.6) is 0 Å². The van der Waals surface area contributed by atoms with Crippen LogP contribution in [0.15, 0.2) is 0 Å². The molecule has 1 aliphatic rings. The van der Waals surface area contributed by atoms with Crippen molar-refractivity contribution in [1.29, 1.82) is 0 Å². The molecule has 0 atom stereocenters. The Labute approximate surface area is 116 Å². The summed E-state index contributed by atoms with van der Waals surface area (Å²) in [5.41, 5.74) is -0.209. The number of hydrogen-bond donors (Lipinski definition) is 2. The summed E-state index contributed by atoms with van der Waals surface area (Å²) in [7, 11) is 0. The minimum atomic E-state index is -0.209. The zero-order chi connectivity index (χ0) is 14.6. The summed E-state index contributed by atoms with van der Waals surface area (Å²) in [6.45, 7) is 11.1. The molecule has 3 amide bonds. The minimum absolute atomic E-state index is 0.0128. The summed E-state index contributed by atoms with van der Waals surface area (Å²) < 4.78 is 0. The van der Waals surface area contributed by atoms with Crippen LogP contribution in [0.2, 0.25) is 0 Å². The van der Waals surface area contributed by atoms with Gasteiger partial charge in [0.2, 0.25) is 5.91 Å². The Kier molecular flexibility index (Phi) is 5.20. The van der Waals surface area contributed by atoms with Gasteiger partial charge in [-0.3, -0.25) is 4.79 Å². The van der Waals surface area contributed by atoms with Crippen LogP contribution in [0.1, 0.15) is 47.5 Å². The largest absolute Gasteiger partial charge is 0.353 e. The van der Waals surface area contributed by atoms with E-state index in [0.717, 1.165) is 12.8 Å². The molecule has 0 aliphatic carbocycles. The molecule has 0 aromatic carbocycles. The number of amides is 3. The zero-order valence-corrected chi connectivity index (χ0v) is 12.7. The molecule has 0 radical (unpaired) electrons. The Hall–Kier alpha value is -1.26. The van der Waals surface area contributed by atoms with Crippen molar-refractivity contribution >= 4 is 11.9 Å². The molecule has 19 heavy (non-hydrogen) atoms. The number of piperidine rings is 1. The van der Waals surface area contributed by atoms with E-state index < -0.39 is 0 Å². The van der Waals surface area contributed by atoms with Gasteiger partial charge < -0.3 is 15.5 Å². The Morgan fingerprint density at radius 1 is 1.16 bits per heavy atom. The van der Waals surface area contributed by atoms with Crippen LogP contribution in [0.3, 0.4) is 0 Å². The van der Waals surface area contributed by atoms with Gasteiger partial charge in [-0.15, -0.1) is 0 Å². The van der Waals surface area contributed by atoms with Gasteiger partial charge in [0.25, 0.3) is 0 Å². The van der Waals surface area contributed by atoms with Crippen molar-refractivity contribution in [3.05, 3.63) is 0 Å². The normalized spacial score (nSPS) is 17.5. The second kappa shape index (κ2) is 6.26. The van der Waals surface area contributed by atoms with Crippen LogP contribution in [0.25, 0.3) is 0 Å². The second-order valence-corrected chi connectivity index (χ2v) is 6.60. The van der Waals surface area contributed by atoms with E-state index in [0.29, 0.717) is 13.1 Å². The molecule has 1 rings (SSSR count). The molecular weight excluding hydrogens is 242 g/mol. The lowest BCUT2D eigenvalue weighted by Crippen LogP contribution is -2.53. The first-order chi connectivity index (χ1) is 8.69. The van der Waals surface area contributed by atoms with E-state index in [4.69, 9.17) is 0 Å². The van der Waals surface area contributed by atoms with E-state index in [1.54, 1.807) is 0 Å². The van der Waals surface area contributed by atoms with Gasteiger partial charge in [0.05, 0.1) is 0 Å². The van der Waals surface area contributed by atoms with Gasteiger partial charge in [0.1, 0.15) is 0 Å². The highest BCUT2D eigenvalue weighted by molar-refractivity contribution is 5.78. The molecule has 0 bridgehead atoms. The number of carbonyl (C=O) groups excluding carboxylic acids is 2. The molecular formula is C14H27N3O2. The number of carbonyl (C=O) groups is 2. The van der Waals surface area contributed by atoms with Crippen molar-refractivity contribution in [2.24, 2.45) is 5.92 Å². The average Bonchev–Trinajstić information content (AvgIpc) is 2.27. The maximum absolute atomic E-state index is 12.0. The molecule has 110 valence electrons. The van der Waals surface area contributed by atoms with E-state index in [1.807, 2.05) is 39.5 Å². The molecule has 0 aromatic rings. The number of nitrogens with zero attached hydrogens (tertiary/aromatic N) is 1. The highest BCUT2D eigenvalue weighted by atomic mass is 16.2. The van der Waals surface area contributed by atoms with E-state index in [9.17, 15) is 9.59 Å². The minimum Gasteiger partial charge on any atom is -0.353 e. The number of hydrogen-bond acceptors (Lipinski definition) is 2. The number of urea groups is 1. The van der Waals surface area contributed by atoms with Gasteiger partial charge in [0, 0.05) is 30.6 Å². The SMILES string of the molecule is CC(C)C(=O)NC1CCN(C(=O)NC(C)(C)C)CC1. The summed E-state index contributed by atoms with van der Waals surface area (Å²) in [4.78, 5) is 25.4. The Morgan fingerprint density at radius 2 is 1.68 bits per heavy atom. The van der Waals surface area contributed by atoms with Crippen molar-refractivity contribution in [2.75, 3.05) is 13.1 Å². The lowest BCUT2D eigenvalue weighted by molar-refractivity contribution is -0.124. The molecule has 5 heteroatoms. The highest BCUT2D eigenvalue weighted by Crippen LogP contribution is 2.12. The van der Waals surface area contributed by atoms with Crippen LogP contribution < -0.4 is 10.6 Å². The summed E-state index contributed by atoms with van der Waals surface area (Å²) in [6, 6.07) is 0.190. The van der Waals surface area contributed by atoms with Gasteiger partial charge in [-0.05, 0) is 33.6 Å². The molecule has 5 nitrogen and oxygen atoms in total. The summed E-state index contributed by atoms with van der Waals surface area (Å²) >= 11 is 0. The van der Waals surface area contributed by atoms with Gasteiger partial charge in [-0.2, -0.15) is 0 Å². The summed E-state index contributed by atoms with van der Waals surface area (Å²) in [5.74, 6) is 0.111. The van der Waals surface area contributed by atoms with Crippen molar-refractivity contribution in [3.8, 4) is 0 Å². The topological polar surface area (TPSA) is 61.4 Å². The standard InChI is InChI=1S/C14H27N3O2/c1-10(2)12(18)15-11-6-8-17(9-7-11)13(19)16-14(3,4)5/h10-11H,6-9H2,1-5H3,(H,15,18)(H,16,19). The van der Waals surface area contributed by atoms with E-state index in [1.165, 1.54) is 0 Å². The van der Waals surface area contributed by atoms with Crippen molar-refractivity contribution in [2.45, 2.75) is 59.0 Å². The van der Waals surface area contributed by atoms with Crippen LogP contribution in [-0.2, 0) is 4.79 Å². The predicted octanol–water partition coefficient (Wildman–Crippen LogP) is 1.73. The maximum atomic E-state index is 12.0. The number of nitrogens with one attached hydrogen (secondary N) is 2. The van der Waals surface area contributed by atoms with Crippen molar-refractivity contribution < 1.29 is 9.59 Å². The molecule has 1 saturated heterocycles. The molecule has 1 aliphatic heterocycles. The maximum Gasteiger partial charge on any atom is 0.317 e. The molecule has 1 heterocycles. The van der Waals surface area contributed by atoms with Gasteiger partial charge in [-0.1, -0.05) is 13.8 Å². The summed E-state index contributed by atoms with van der Waals surface area (Å²) in [6.07, 6.45) is 1.66. The van der Waals surface area contributed by atoms with Gasteiger partial charge in [0.15, 0.2) is 0 Å². The summed E-state index contributed by atoms with van der Waals surface area (Å²) in [5, 5.41) is 5.99. The van der Waals surface area contributed by atoms with Crippen molar-refractivity contribution in [3.63, 3.8) is 0 Å². The Bertz CT molecular complexity index is 326. The number of rotatable bonds is 2. The Balaban J connectivity index is 2.37. The fraction of sp³-hybridized carbons (Fsp3) is 0.857. The van der Waals surface area contributed by atoms with Crippen molar-refractivity contribution in [1.82, 2.24) is 15.5 Å². The predicted molar refractivity (Wildman–Crippen MR) is 75.9 cm³/mol. The zero-order valence-electron chi connectivity index (χ0n) is 12.7. The third-order valence-corrected chi connectivity index (χ3v) is 3.13. The van der Waals surface area contributed by atoms with Crippen LogP contribution in [0, 0.1) is 5.92 Å². The first kappa shape index (κ1) is 15.8. The first-order valence-corrected chi connectivity index (χ1v) is 7.06. The van der Waals surface area contributed by atoms with Gasteiger partial charge >= 0.3 is 6.03 Å².